The molecule has 0 aliphatic heterocycles. The summed E-state index contributed by atoms with van der Waals surface area (Å²) in [5, 5.41) is 18.0. The summed E-state index contributed by atoms with van der Waals surface area (Å²) in [6, 6.07) is 9.78. The van der Waals surface area contributed by atoms with Crippen molar-refractivity contribution in [1.82, 2.24) is 0 Å². The van der Waals surface area contributed by atoms with Crippen molar-refractivity contribution < 1.29 is 79.5 Å². The minimum absolute atomic E-state index is 0. The molecule has 0 aromatic heterocycles. The van der Waals surface area contributed by atoms with Gasteiger partial charge in [-0.15, -0.1) is 0 Å². The van der Waals surface area contributed by atoms with E-state index < -0.39 is 0 Å². The third kappa shape index (κ3) is 17.4. The molecule has 0 fully saturated rings. The summed E-state index contributed by atoms with van der Waals surface area (Å²) in [5.41, 5.74) is 5.96. The summed E-state index contributed by atoms with van der Waals surface area (Å²) in [6.07, 6.45) is 0. The molecule has 3 radical (unpaired) electrons. The van der Waals surface area contributed by atoms with Crippen molar-refractivity contribution >= 4 is 65.0 Å². The first-order chi connectivity index (χ1) is 10.9. The molecular weight excluding hydrogens is 589 g/mol. The maximum Gasteiger partial charge on any atom is 1.00 e. The summed E-state index contributed by atoms with van der Waals surface area (Å²) in [6.45, 7) is 0. The molecule has 0 atom stereocenters. The number of nitrogens with two attached hydrogens (primary N) is 1. The quantitative estimate of drug-likeness (QED) is 0.181. The van der Waals surface area contributed by atoms with Crippen molar-refractivity contribution in [3.05, 3.63) is 55.2 Å². The van der Waals surface area contributed by atoms with E-state index in [0.29, 0.717) is 5.69 Å². The van der Waals surface area contributed by atoms with Crippen LogP contribution in [-0.2, 0) is 0 Å². The van der Waals surface area contributed by atoms with E-state index in [2.05, 4.69) is 27.9 Å². The van der Waals surface area contributed by atoms with E-state index >= 15 is 0 Å². The molecule has 4 N–H and O–H groups in total. The fourth-order valence-corrected chi connectivity index (χ4v) is 2.10. The van der Waals surface area contributed by atoms with E-state index in [1.807, 2.05) is 28.7 Å². The van der Waals surface area contributed by atoms with Crippen LogP contribution in [0.2, 0.25) is 0 Å². The van der Waals surface area contributed by atoms with Crippen LogP contribution < -0.4 is 75.3 Å². The van der Waals surface area contributed by atoms with Gasteiger partial charge in [0.15, 0.2) is 0 Å². The Hall–Kier alpha value is 1.34. The zero-order chi connectivity index (χ0) is 18.4. The number of nitrogen functional groups attached to an aromatic ring is 1. The maximum absolute atomic E-state index is 12.8. The van der Waals surface area contributed by atoms with Crippen LogP contribution >= 0.6 is 45.2 Å². The number of anilines is 2. The Morgan fingerprint density at radius 2 is 1.35 bits per heavy atom. The molecule has 0 spiro atoms. The fraction of sp³-hybridized carbons (Fsp3) is 0.200. The van der Waals surface area contributed by atoms with Gasteiger partial charge in [0.2, 0.25) is 0 Å². The van der Waals surface area contributed by atoms with E-state index in [1.165, 1.54) is 12.1 Å². The number of rotatable bonds is 1. The van der Waals surface area contributed by atoms with Crippen LogP contribution in [0.15, 0.2) is 36.4 Å². The Balaban J connectivity index is -0.0000000613. The summed E-state index contributed by atoms with van der Waals surface area (Å²) >= 11 is 4.10. The minimum atomic E-state index is -0.345. The van der Waals surface area contributed by atoms with Crippen LogP contribution in [0.4, 0.5) is 20.2 Å². The van der Waals surface area contributed by atoms with Crippen LogP contribution in [0.5, 0.6) is 0 Å². The molecule has 0 saturated heterocycles. The fourth-order valence-electron chi connectivity index (χ4n) is 1.19. The van der Waals surface area contributed by atoms with E-state index in [1.54, 1.807) is 25.2 Å². The van der Waals surface area contributed by atoms with Crippen LogP contribution in [0, 0.1) is 18.8 Å². The Kier molecular flexibility index (Phi) is 35.6. The molecule has 0 aliphatic carbocycles. The summed E-state index contributed by atoms with van der Waals surface area (Å²) in [5.74, 6) is -0.545. The SMILES string of the molecule is CNc1ccc(I)cc1F.CO.C[O-].Nc1ccc(I)cc1F.[B].[H-].[Na+].[Na+]. The van der Waals surface area contributed by atoms with Crippen molar-refractivity contribution in [2.75, 3.05) is 32.3 Å². The predicted molar refractivity (Wildman–Crippen MR) is 113 cm³/mol. The van der Waals surface area contributed by atoms with Crippen molar-refractivity contribution in [2.24, 2.45) is 0 Å². The summed E-state index contributed by atoms with van der Waals surface area (Å²) < 4.78 is 27.0. The molecule has 0 unspecified atom stereocenters. The van der Waals surface area contributed by atoms with Crippen molar-refractivity contribution in [3.8, 4) is 0 Å². The zero-order valence-corrected chi connectivity index (χ0v) is 23.8. The number of hydrogen-bond donors (Lipinski definition) is 3. The molecule has 4 nitrogen and oxygen atoms in total. The number of aliphatic hydroxyl groups excluding tert-OH is 1. The average molecular weight is 609 g/mol. The molecule has 0 heterocycles. The minimum Gasteiger partial charge on any atom is -1.00 e. The Morgan fingerprint density at radius 1 is 0.962 bits per heavy atom. The molecule has 0 amide bonds. The second kappa shape index (κ2) is 24.4. The second-order valence-corrected chi connectivity index (χ2v) is 6.03. The van der Waals surface area contributed by atoms with Gasteiger partial charge in [0.1, 0.15) is 11.6 Å². The first kappa shape index (κ1) is 38.0. The number of aliphatic hydroxyl groups is 1. The van der Waals surface area contributed by atoms with E-state index in [4.69, 9.17) is 15.9 Å². The molecule has 2 aromatic rings. The smallest absolute Gasteiger partial charge is 1.00 e. The first-order valence-corrected chi connectivity index (χ1v) is 8.28. The largest absolute Gasteiger partial charge is 1.00 e. The van der Waals surface area contributed by atoms with E-state index in [9.17, 15) is 8.78 Å². The van der Waals surface area contributed by atoms with Gasteiger partial charge in [-0.05, 0) is 81.6 Å². The first-order valence-electron chi connectivity index (χ1n) is 6.13. The molecule has 26 heavy (non-hydrogen) atoms. The Bertz CT molecular complexity index is 596. The number of benzene rings is 2. The molecule has 0 bridgehead atoms. The molecule has 11 heteroatoms. The monoisotopic (exact) mass is 609 g/mol. The second-order valence-electron chi connectivity index (χ2n) is 3.54. The molecular formula is C15H20BF2I2N2Na2O2. The Morgan fingerprint density at radius 3 is 1.65 bits per heavy atom. The van der Waals surface area contributed by atoms with Gasteiger partial charge in [-0.2, -0.15) is 7.11 Å². The maximum atomic E-state index is 12.8. The number of hydrogen-bond acceptors (Lipinski definition) is 4. The van der Waals surface area contributed by atoms with Gasteiger partial charge in [0.25, 0.3) is 0 Å². The normalized spacial score (nSPS) is 7.42. The van der Waals surface area contributed by atoms with Gasteiger partial charge in [-0.25, -0.2) is 8.78 Å². The molecule has 0 aliphatic rings. The van der Waals surface area contributed by atoms with Gasteiger partial charge >= 0.3 is 59.1 Å². The topological polar surface area (TPSA) is 81.3 Å². The molecule has 0 saturated carbocycles. The van der Waals surface area contributed by atoms with E-state index in [-0.39, 0.29) is 86.3 Å². The molecule has 135 valence electrons. The van der Waals surface area contributed by atoms with Crippen LogP contribution in [-0.4, -0.2) is 34.8 Å². The van der Waals surface area contributed by atoms with Crippen molar-refractivity contribution in [3.63, 3.8) is 0 Å². The van der Waals surface area contributed by atoms with Crippen LogP contribution in [0.25, 0.3) is 0 Å². The summed E-state index contributed by atoms with van der Waals surface area (Å²) in [4.78, 5) is 0. The van der Waals surface area contributed by atoms with Gasteiger partial charge < -0.3 is 22.7 Å². The number of nitrogens with one attached hydrogen (secondary N) is 1. The van der Waals surface area contributed by atoms with Gasteiger partial charge in [0.05, 0.1) is 11.4 Å². The Labute approximate surface area is 229 Å². The average Bonchev–Trinajstić information content (AvgIpc) is 2.56. The van der Waals surface area contributed by atoms with E-state index in [0.717, 1.165) is 21.4 Å². The third-order valence-corrected chi connectivity index (χ3v) is 3.50. The van der Waals surface area contributed by atoms with Crippen molar-refractivity contribution in [1.29, 1.82) is 0 Å². The van der Waals surface area contributed by atoms with Gasteiger partial charge in [-0.3, -0.25) is 0 Å². The van der Waals surface area contributed by atoms with Crippen LogP contribution in [0.1, 0.15) is 1.43 Å². The third-order valence-electron chi connectivity index (χ3n) is 2.16. The zero-order valence-electron chi connectivity index (χ0n) is 16.5. The van der Waals surface area contributed by atoms with Gasteiger partial charge in [0, 0.05) is 29.7 Å². The standard InChI is InChI=1S/C7H7FIN.C6H5FIN.CH4O.CH3O.B.2Na.H/c1-10-7-3-2-5(9)4-6(7)8;7-5-3-4(8)1-2-6(5)9;2*1-2;;;;/h2-4,10H,1H3;1-3H,9H2;2H,1H3;1H3;;;;/q;;;-1;;2*+1;-1. The van der Waals surface area contributed by atoms with Crippen LogP contribution in [0.3, 0.4) is 0 Å². The molecule has 2 aromatic carbocycles. The predicted octanol–water partition coefficient (Wildman–Crippen LogP) is -3.19. The van der Waals surface area contributed by atoms with Crippen molar-refractivity contribution in [2.45, 2.75) is 0 Å². The summed E-state index contributed by atoms with van der Waals surface area (Å²) in [7, 11) is 3.45. The van der Waals surface area contributed by atoms with Gasteiger partial charge in [-0.1, -0.05) is 0 Å². The number of halogens is 4. The molecule has 2 rings (SSSR count).